The van der Waals surface area contributed by atoms with Crippen LogP contribution in [-0.4, -0.2) is 14.8 Å². The van der Waals surface area contributed by atoms with Crippen molar-refractivity contribution >= 4 is 15.8 Å². The molecule has 8 heavy (non-hydrogen) atoms. The van der Waals surface area contributed by atoms with Gasteiger partial charge in [-0.3, -0.25) is 0 Å². The van der Waals surface area contributed by atoms with Crippen LogP contribution in [0.4, 0.5) is 3.89 Å². The van der Waals surface area contributed by atoms with Gasteiger partial charge in [0.05, 0.1) is 4.75 Å². The van der Waals surface area contributed by atoms with Crippen molar-refractivity contribution in [3.8, 4) is 0 Å². The van der Waals surface area contributed by atoms with Gasteiger partial charge in [-0.2, -0.15) is 0 Å². The Morgan fingerprint density at radius 1 is 1.50 bits per heavy atom. The van der Waals surface area contributed by atoms with Crippen molar-refractivity contribution < 1.29 is 8.09 Å². The van der Waals surface area contributed by atoms with Gasteiger partial charge in [-0.05, 0) is 26.6 Å². The molecule has 0 amide bonds. The fraction of sp³-hybridized carbons (Fsp3) is 0.800. The van der Waals surface area contributed by atoms with E-state index in [0.29, 0.717) is 0 Å². The summed E-state index contributed by atoms with van der Waals surface area (Å²) in [4.78, 5) is 0. The number of hydrogen-bond donors (Lipinski definition) is 0. The van der Waals surface area contributed by atoms with Gasteiger partial charge in [-0.15, -0.1) is 3.89 Å². The molecule has 1 atom stereocenters. The summed E-state index contributed by atoms with van der Waals surface area (Å²) in [5.41, 5.74) is 0. The van der Waals surface area contributed by atoms with Crippen molar-refractivity contribution in [2.75, 3.05) is 0 Å². The first-order valence-corrected chi connectivity index (χ1v) is 3.94. The van der Waals surface area contributed by atoms with Crippen LogP contribution in [0.5, 0.6) is 0 Å². The number of hydrogen-bond acceptors (Lipinski definition) is 1. The first-order chi connectivity index (χ1) is 3.25. The molecule has 3 heteroatoms. The smallest absolute Gasteiger partial charge is 0.123 e. The van der Waals surface area contributed by atoms with Gasteiger partial charge < -0.3 is 0 Å². The molecule has 50 valence electrons. The molecule has 0 aliphatic rings. The summed E-state index contributed by atoms with van der Waals surface area (Å²) in [6.07, 6.45) is 0. The molecule has 0 spiro atoms. The minimum Gasteiger partial charge on any atom is -0.235 e. The lowest BCUT2D eigenvalue weighted by Gasteiger charge is -2.15. The summed E-state index contributed by atoms with van der Waals surface area (Å²) in [7, 11) is -3.34. The van der Waals surface area contributed by atoms with Crippen molar-refractivity contribution in [2.24, 2.45) is 0 Å². The minimum absolute atomic E-state index is 0.812. The fourth-order valence-corrected chi connectivity index (χ4v) is 0. The van der Waals surface area contributed by atoms with Gasteiger partial charge in [0.1, 0.15) is 9.91 Å². The van der Waals surface area contributed by atoms with Crippen molar-refractivity contribution in [2.45, 2.75) is 25.5 Å². The topological polar surface area (TPSA) is 17.1 Å². The predicted octanol–water partition coefficient (Wildman–Crippen LogP) is 1.39. The van der Waals surface area contributed by atoms with Gasteiger partial charge in [0.25, 0.3) is 0 Å². The Balaban J connectivity index is 4.53. The van der Waals surface area contributed by atoms with E-state index in [2.05, 4.69) is 5.87 Å². The van der Waals surface area contributed by atoms with E-state index in [1.807, 2.05) is 0 Å². The quantitative estimate of drug-likeness (QED) is 0.365. The second kappa shape index (κ2) is 1.72. The van der Waals surface area contributed by atoms with Crippen LogP contribution < -0.4 is 0 Å². The molecule has 0 aromatic rings. The molecule has 0 aromatic heterocycles. The second-order valence-corrected chi connectivity index (χ2v) is 5.12. The lowest BCUT2D eigenvalue weighted by Crippen LogP contribution is -2.22. The average molecular weight is 138 g/mol. The standard InChI is InChI=1S/C5H11FOS/c1-5(2,3)8(4,6)7/h4H2,1-3H3. The largest absolute Gasteiger partial charge is 0.235 e. The van der Waals surface area contributed by atoms with E-state index in [-0.39, 0.29) is 0 Å². The molecule has 1 unspecified atom stereocenters. The number of rotatable bonds is 0. The molecule has 0 aliphatic carbocycles. The van der Waals surface area contributed by atoms with E-state index in [1.165, 1.54) is 0 Å². The summed E-state index contributed by atoms with van der Waals surface area (Å²) in [5, 5.41) is 0. The van der Waals surface area contributed by atoms with E-state index in [0.717, 1.165) is 0 Å². The Labute approximate surface area is 50.2 Å². The molecule has 0 N–H and O–H groups in total. The Morgan fingerprint density at radius 2 is 1.62 bits per heavy atom. The minimum atomic E-state index is -3.34. The summed E-state index contributed by atoms with van der Waals surface area (Å²) >= 11 is 0. The molecule has 1 nitrogen and oxygen atoms in total. The lowest BCUT2D eigenvalue weighted by molar-refractivity contribution is 0.603. The van der Waals surface area contributed by atoms with Gasteiger partial charge >= 0.3 is 0 Å². The van der Waals surface area contributed by atoms with Crippen molar-refractivity contribution in [1.82, 2.24) is 0 Å². The van der Waals surface area contributed by atoms with Crippen LogP contribution in [0.25, 0.3) is 0 Å². The molecule has 0 fully saturated rings. The van der Waals surface area contributed by atoms with Gasteiger partial charge in [0.15, 0.2) is 0 Å². The zero-order valence-electron chi connectivity index (χ0n) is 5.40. The Morgan fingerprint density at radius 3 is 1.62 bits per heavy atom. The average Bonchev–Trinajstić information content (AvgIpc) is 1.25. The van der Waals surface area contributed by atoms with E-state index < -0.39 is 14.7 Å². The third-order valence-electron chi connectivity index (χ3n) is 0.914. The van der Waals surface area contributed by atoms with Crippen LogP contribution in [0.15, 0.2) is 0 Å². The van der Waals surface area contributed by atoms with Gasteiger partial charge in [-0.1, -0.05) is 0 Å². The van der Waals surface area contributed by atoms with Crippen LogP contribution in [0, 0.1) is 0 Å². The van der Waals surface area contributed by atoms with Crippen LogP contribution >= 0.6 is 0 Å². The highest BCUT2D eigenvalue weighted by molar-refractivity contribution is 7.96. The van der Waals surface area contributed by atoms with Crippen LogP contribution in [0.1, 0.15) is 20.8 Å². The Kier molecular flexibility index (Phi) is 1.71. The van der Waals surface area contributed by atoms with E-state index in [9.17, 15) is 8.09 Å². The molecule has 0 bridgehead atoms. The van der Waals surface area contributed by atoms with Crippen molar-refractivity contribution in [3.05, 3.63) is 0 Å². The molecular formula is C5H11FOS. The maximum Gasteiger partial charge on any atom is 0.123 e. The van der Waals surface area contributed by atoms with E-state index in [1.54, 1.807) is 20.8 Å². The molecule has 0 saturated heterocycles. The molecule has 0 aromatic carbocycles. The van der Waals surface area contributed by atoms with E-state index in [4.69, 9.17) is 0 Å². The van der Waals surface area contributed by atoms with E-state index >= 15 is 0 Å². The monoisotopic (exact) mass is 138 g/mol. The maximum atomic E-state index is 12.3. The fourth-order valence-electron chi connectivity index (χ4n) is 0. The lowest BCUT2D eigenvalue weighted by atomic mass is 10.3. The van der Waals surface area contributed by atoms with Crippen LogP contribution in [0.2, 0.25) is 0 Å². The maximum absolute atomic E-state index is 12.3. The normalized spacial score (nSPS) is 20.0. The van der Waals surface area contributed by atoms with Gasteiger partial charge in [-0.25, -0.2) is 4.21 Å². The molecule has 0 aliphatic heterocycles. The Hall–Kier alpha value is -0.0500. The summed E-state index contributed by atoms with van der Waals surface area (Å²) < 4.78 is 21.9. The highest BCUT2D eigenvalue weighted by Crippen LogP contribution is 2.15. The first-order valence-electron chi connectivity index (χ1n) is 2.31. The van der Waals surface area contributed by atoms with Crippen LogP contribution in [0.3, 0.4) is 0 Å². The summed E-state index contributed by atoms with van der Waals surface area (Å²) in [6.45, 7) is 4.67. The third-order valence-corrected chi connectivity index (χ3v) is 2.74. The van der Waals surface area contributed by atoms with Crippen molar-refractivity contribution in [3.63, 3.8) is 0 Å². The highest BCUT2D eigenvalue weighted by atomic mass is 32.2. The SMILES string of the molecule is C=S(=O)(F)C(C)(C)C. The zero-order valence-corrected chi connectivity index (χ0v) is 6.22. The third kappa shape index (κ3) is 1.82. The van der Waals surface area contributed by atoms with Gasteiger partial charge in [0, 0.05) is 0 Å². The Bertz CT molecular complexity index is 161. The second-order valence-electron chi connectivity index (χ2n) is 2.71. The molecule has 0 rings (SSSR count). The molecule has 0 radical (unpaired) electrons. The molecular weight excluding hydrogens is 127 g/mol. The molecule has 0 heterocycles. The number of halogens is 1. The summed E-state index contributed by atoms with van der Waals surface area (Å²) in [6, 6.07) is 0. The highest BCUT2D eigenvalue weighted by Gasteiger charge is 2.21. The van der Waals surface area contributed by atoms with Gasteiger partial charge in [0.2, 0.25) is 0 Å². The zero-order chi connectivity index (χ0) is 7.00. The summed E-state index contributed by atoms with van der Waals surface area (Å²) in [5.74, 6) is 2.90. The first kappa shape index (κ1) is 7.95. The van der Waals surface area contributed by atoms with Crippen molar-refractivity contribution in [1.29, 1.82) is 0 Å². The predicted molar refractivity (Wildman–Crippen MR) is 36.1 cm³/mol. The van der Waals surface area contributed by atoms with Crippen LogP contribution in [-0.2, 0) is 9.91 Å². The molecule has 0 saturated carbocycles.